The Morgan fingerprint density at radius 3 is 2.35 bits per heavy atom. The molecule has 0 bridgehead atoms. The summed E-state index contributed by atoms with van der Waals surface area (Å²) >= 11 is 0. The fourth-order valence-electron chi connectivity index (χ4n) is 2.03. The van der Waals surface area contributed by atoms with Crippen molar-refractivity contribution in [1.29, 1.82) is 0 Å². The van der Waals surface area contributed by atoms with E-state index in [-0.39, 0.29) is 11.7 Å². The van der Waals surface area contributed by atoms with E-state index in [1.807, 2.05) is 32.0 Å². The van der Waals surface area contributed by atoms with E-state index >= 15 is 0 Å². The molecule has 1 amide bonds. The number of benzene rings is 2. The number of hydrogen-bond acceptors (Lipinski definition) is 3. The summed E-state index contributed by atoms with van der Waals surface area (Å²) in [6, 6.07) is 10.4. The lowest BCUT2D eigenvalue weighted by Gasteiger charge is -2.12. The average molecular weight is 271 g/mol. The molecule has 4 nitrogen and oxygen atoms in total. The third kappa shape index (κ3) is 2.74. The molecule has 0 aliphatic rings. The molecule has 0 spiro atoms. The maximum Gasteiger partial charge on any atom is 0.255 e. The molecule has 20 heavy (non-hydrogen) atoms. The van der Waals surface area contributed by atoms with Crippen LogP contribution in [0.15, 0.2) is 36.4 Å². The summed E-state index contributed by atoms with van der Waals surface area (Å²) < 4.78 is 4.95. The van der Waals surface area contributed by atoms with Crippen molar-refractivity contribution in [2.24, 2.45) is 0 Å². The second-order valence-electron chi connectivity index (χ2n) is 4.61. The van der Waals surface area contributed by atoms with E-state index in [1.54, 1.807) is 12.1 Å². The van der Waals surface area contributed by atoms with Gasteiger partial charge in [0.25, 0.3) is 5.91 Å². The normalized spacial score (nSPS) is 10.2. The molecule has 2 aromatic rings. The molecule has 0 heterocycles. The van der Waals surface area contributed by atoms with Gasteiger partial charge in [0.05, 0.1) is 7.11 Å². The van der Waals surface area contributed by atoms with Crippen molar-refractivity contribution < 1.29 is 14.6 Å². The zero-order chi connectivity index (χ0) is 14.7. The molecule has 0 fully saturated rings. The number of methoxy groups -OCH3 is 1. The number of aryl methyl sites for hydroxylation is 2. The number of carbonyl (C=O) groups is 1. The van der Waals surface area contributed by atoms with E-state index in [1.165, 1.54) is 13.2 Å². The summed E-state index contributed by atoms with van der Waals surface area (Å²) in [5.41, 5.74) is 3.17. The van der Waals surface area contributed by atoms with E-state index in [2.05, 4.69) is 5.32 Å². The van der Waals surface area contributed by atoms with Crippen LogP contribution in [0, 0.1) is 13.8 Å². The summed E-state index contributed by atoms with van der Waals surface area (Å²) in [6.45, 7) is 3.88. The van der Waals surface area contributed by atoms with Crippen LogP contribution in [-0.4, -0.2) is 18.1 Å². The van der Waals surface area contributed by atoms with Gasteiger partial charge in [-0.3, -0.25) is 4.79 Å². The maximum absolute atomic E-state index is 12.2. The smallest absolute Gasteiger partial charge is 0.255 e. The number of rotatable bonds is 3. The first-order valence-electron chi connectivity index (χ1n) is 6.27. The zero-order valence-electron chi connectivity index (χ0n) is 11.7. The van der Waals surface area contributed by atoms with Gasteiger partial charge in [-0.25, -0.2) is 0 Å². The highest BCUT2D eigenvalue weighted by Crippen LogP contribution is 2.27. The first-order valence-corrected chi connectivity index (χ1v) is 6.27. The van der Waals surface area contributed by atoms with Gasteiger partial charge in [-0.15, -0.1) is 0 Å². The highest BCUT2D eigenvalue weighted by molar-refractivity contribution is 6.05. The Morgan fingerprint density at radius 2 is 1.80 bits per heavy atom. The lowest BCUT2D eigenvalue weighted by Crippen LogP contribution is -2.13. The Balaban J connectivity index is 2.26. The Labute approximate surface area is 118 Å². The molecule has 2 N–H and O–H groups in total. The van der Waals surface area contributed by atoms with Gasteiger partial charge in [0, 0.05) is 11.3 Å². The van der Waals surface area contributed by atoms with Crippen LogP contribution in [0.25, 0.3) is 0 Å². The van der Waals surface area contributed by atoms with Crippen molar-refractivity contribution in [3.05, 3.63) is 53.1 Å². The number of amides is 1. The molecule has 0 aromatic heterocycles. The van der Waals surface area contributed by atoms with Crippen LogP contribution in [0.2, 0.25) is 0 Å². The fraction of sp³-hybridized carbons (Fsp3) is 0.188. The minimum Gasteiger partial charge on any atom is -0.504 e. The minimum absolute atomic E-state index is 0.0540. The van der Waals surface area contributed by atoms with Crippen molar-refractivity contribution >= 4 is 11.6 Å². The lowest BCUT2D eigenvalue weighted by atomic mass is 10.1. The summed E-state index contributed by atoms with van der Waals surface area (Å²) in [6.07, 6.45) is 0. The monoisotopic (exact) mass is 271 g/mol. The van der Waals surface area contributed by atoms with Gasteiger partial charge in [0.15, 0.2) is 11.5 Å². The number of aromatic hydroxyl groups is 1. The van der Waals surface area contributed by atoms with Gasteiger partial charge in [-0.05, 0) is 43.2 Å². The maximum atomic E-state index is 12.2. The molecular formula is C16H17NO3. The molecule has 0 atom stereocenters. The number of phenols is 1. The summed E-state index contributed by atoms with van der Waals surface area (Å²) in [5.74, 6) is 0.0237. The topological polar surface area (TPSA) is 58.6 Å². The van der Waals surface area contributed by atoms with E-state index in [4.69, 9.17) is 4.74 Å². The molecule has 0 unspecified atom stereocenters. The van der Waals surface area contributed by atoms with Gasteiger partial charge in [0.2, 0.25) is 0 Å². The molecule has 0 aliphatic heterocycles. The van der Waals surface area contributed by atoms with E-state index < -0.39 is 0 Å². The zero-order valence-corrected chi connectivity index (χ0v) is 11.7. The van der Waals surface area contributed by atoms with Crippen LogP contribution in [0.5, 0.6) is 11.5 Å². The molecule has 0 saturated heterocycles. The number of nitrogens with one attached hydrogen (secondary N) is 1. The third-order valence-corrected chi connectivity index (χ3v) is 3.16. The molecule has 2 rings (SSSR count). The quantitative estimate of drug-likeness (QED) is 0.900. The van der Waals surface area contributed by atoms with Gasteiger partial charge in [-0.1, -0.05) is 18.2 Å². The standard InChI is InChI=1S/C16H17NO3/c1-10-5-4-6-11(2)15(10)17-16(19)12-7-8-14(20-3)13(18)9-12/h4-9,18H,1-3H3,(H,17,19). The van der Waals surface area contributed by atoms with Gasteiger partial charge in [0.1, 0.15) is 0 Å². The third-order valence-electron chi connectivity index (χ3n) is 3.16. The second kappa shape index (κ2) is 5.65. The lowest BCUT2D eigenvalue weighted by molar-refractivity contribution is 0.102. The highest BCUT2D eigenvalue weighted by Gasteiger charge is 2.12. The molecule has 2 aromatic carbocycles. The summed E-state index contributed by atoms with van der Waals surface area (Å²) in [7, 11) is 1.46. The molecular weight excluding hydrogens is 254 g/mol. The molecule has 0 radical (unpaired) electrons. The number of phenolic OH excluding ortho intramolecular Hbond substituents is 1. The van der Waals surface area contributed by atoms with Crippen LogP contribution in [-0.2, 0) is 0 Å². The second-order valence-corrected chi connectivity index (χ2v) is 4.61. The highest BCUT2D eigenvalue weighted by atomic mass is 16.5. The Morgan fingerprint density at radius 1 is 1.15 bits per heavy atom. The number of ether oxygens (including phenoxy) is 1. The first kappa shape index (κ1) is 13.9. The predicted octanol–water partition coefficient (Wildman–Crippen LogP) is 3.27. The van der Waals surface area contributed by atoms with Crippen LogP contribution in [0.4, 0.5) is 5.69 Å². The summed E-state index contributed by atoms with van der Waals surface area (Å²) in [5, 5.41) is 12.6. The van der Waals surface area contributed by atoms with E-state index in [0.29, 0.717) is 11.3 Å². The number of para-hydroxylation sites is 1. The van der Waals surface area contributed by atoms with Crippen LogP contribution in [0.3, 0.4) is 0 Å². The van der Waals surface area contributed by atoms with Crippen molar-refractivity contribution in [3.63, 3.8) is 0 Å². The van der Waals surface area contributed by atoms with Crippen molar-refractivity contribution in [3.8, 4) is 11.5 Å². The molecule has 4 heteroatoms. The SMILES string of the molecule is COc1ccc(C(=O)Nc2c(C)cccc2C)cc1O. The largest absolute Gasteiger partial charge is 0.504 e. The predicted molar refractivity (Wildman–Crippen MR) is 78.5 cm³/mol. The minimum atomic E-state index is -0.264. The van der Waals surface area contributed by atoms with Crippen molar-refractivity contribution in [2.45, 2.75) is 13.8 Å². The van der Waals surface area contributed by atoms with E-state index in [9.17, 15) is 9.90 Å². The van der Waals surface area contributed by atoms with E-state index in [0.717, 1.165) is 16.8 Å². The van der Waals surface area contributed by atoms with Crippen LogP contribution < -0.4 is 10.1 Å². The van der Waals surface area contributed by atoms with Crippen molar-refractivity contribution in [2.75, 3.05) is 12.4 Å². The Kier molecular flexibility index (Phi) is 3.94. The molecule has 0 saturated carbocycles. The number of carbonyl (C=O) groups excluding carboxylic acids is 1. The summed E-state index contributed by atoms with van der Waals surface area (Å²) in [4.78, 5) is 12.2. The van der Waals surface area contributed by atoms with Crippen LogP contribution in [0.1, 0.15) is 21.5 Å². The van der Waals surface area contributed by atoms with Gasteiger partial charge < -0.3 is 15.2 Å². The Bertz CT molecular complexity index is 630. The molecule has 104 valence electrons. The fourth-order valence-corrected chi connectivity index (χ4v) is 2.03. The average Bonchev–Trinajstić information content (AvgIpc) is 2.42. The first-order chi connectivity index (χ1) is 9.52. The number of anilines is 1. The molecule has 0 aliphatic carbocycles. The van der Waals surface area contributed by atoms with Crippen LogP contribution >= 0.6 is 0 Å². The van der Waals surface area contributed by atoms with Gasteiger partial charge in [-0.2, -0.15) is 0 Å². The van der Waals surface area contributed by atoms with Crippen molar-refractivity contribution in [1.82, 2.24) is 0 Å². The number of hydrogen-bond donors (Lipinski definition) is 2. The Hall–Kier alpha value is -2.49. The van der Waals surface area contributed by atoms with Gasteiger partial charge >= 0.3 is 0 Å².